The Kier molecular flexibility index (Phi) is 2.96. The summed E-state index contributed by atoms with van der Waals surface area (Å²) in [6, 6.07) is 11.3. The van der Waals surface area contributed by atoms with E-state index < -0.39 is 11.5 Å². The van der Waals surface area contributed by atoms with Gasteiger partial charge in [-0.15, -0.1) is 0 Å². The fourth-order valence-electron chi connectivity index (χ4n) is 4.36. The van der Waals surface area contributed by atoms with Crippen molar-refractivity contribution in [3.8, 4) is 0 Å². The molecule has 1 N–H and O–H groups in total. The van der Waals surface area contributed by atoms with Crippen molar-refractivity contribution >= 4 is 17.4 Å². The standard InChI is InChI=1S/C18H18N2O3/c1-11(21)16-12(15-8-5-9-23-15)10-20(2)18(16)13-6-3-4-7-14(13)19-17(18)22/h3-9,12,16H,10H2,1-2H3,(H,19,22)/t12-,16-,18-/m0/s1. The number of hydrogen-bond acceptors (Lipinski definition) is 4. The van der Waals surface area contributed by atoms with Gasteiger partial charge in [-0.3, -0.25) is 14.5 Å². The molecule has 1 aromatic carbocycles. The summed E-state index contributed by atoms with van der Waals surface area (Å²) in [5.74, 6) is 0.0240. The number of hydrogen-bond donors (Lipinski definition) is 1. The Hall–Kier alpha value is -2.40. The molecule has 2 aliphatic heterocycles. The largest absolute Gasteiger partial charge is 0.469 e. The normalized spacial score (nSPS) is 29.7. The van der Waals surface area contributed by atoms with Crippen LogP contribution in [0.4, 0.5) is 5.69 Å². The van der Waals surface area contributed by atoms with Gasteiger partial charge in [0.1, 0.15) is 17.1 Å². The van der Waals surface area contributed by atoms with Crippen molar-refractivity contribution in [3.05, 3.63) is 54.0 Å². The maximum atomic E-state index is 13.0. The van der Waals surface area contributed by atoms with E-state index in [0.717, 1.165) is 17.0 Å². The summed E-state index contributed by atoms with van der Waals surface area (Å²) in [6.07, 6.45) is 1.61. The minimum absolute atomic E-state index is 0.00241. The number of nitrogens with one attached hydrogen (secondary N) is 1. The summed E-state index contributed by atoms with van der Waals surface area (Å²) in [7, 11) is 1.90. The Labute approximate surface area is 134 Å². The minimum atomic E-state index is -0.958. The van der Waals surface area contributed by atoms with Gasteiger partial charge < -0.3 is 9.73 Å². The summed E-state index contributed by atoms with van der Waals surface area (Å²) in [6.45, 7) is 2.16. The van der Waals surface area contributed by atoms with Crippen LogP contribution >= 0.6 is 0 Å². The average molecular weight is 310 g/mol. The lowest BCUT2D eigenvalue weighted by molar-refractivity contribution is -0.135. The molecule has 1 fully saturated rings. The molecule has 23 heavy (non-hydrogen) atoms. The van der Waals surface area contributed by atoms with Crippen LogP contribution in [0.1, 0.15) is 24.2 Å². The molecule has 2 aliphatic rings. The number of Topliss-reactive ketones (excluding diaryl/α,β-unsaturated/α-hetero) is 1. The Balaban J connectivity index is 1.93. The molecule has 1 amide bonds. The highest BCUT2D eigenvalue weighted by molar-refractivity contribution is 6.09. The zero-order chi connectivity index (χ0) is 16.2. The number of fused-ring (bicyclic) bond motifs is 2. The number of carbonyl (C=O) groups excluding carboxylic acids is 2. The van der Waals surface area contributed by atoms with E-state index in [1.54, 1.807) is 13.2 Å². The molecule has 5 nitrogen and oxygen atoms in total. The first-order valence-electron chi connectivity index (χ1n) is 7.73. The van der Waals surface area contributed by atoms with Gasteiger partial charge in [0.15, 0.2) is 0 Å². The van der Waals surface area contributed by atoms with E-state index in [2.05, 4.69) is 5.32 Å². The number of ketones is 1. The molecule has 1 aromatic heterocycles. The molecule has 118 valence electrons. The molecule has 5 heteroatoms. The van der Waals surface area contributed by atoms with Gasteiger partial charge in [-0.1, -0.05) is 18.2 Å². The van der Waals surface area contributed by atoms with Crippen molar-refractivity contribution in [1.29, 1.82) is 0 Å². The van der Waals surface area contributed by atoms with Gasteiger partial charge in [0.2, 0.25) is 5.91 Å². The number of anilines is 1. The lowest BCUT2D eigenvalue weighted by Crippen LogP contribution is -2.50. The van der Waals surface area contributed by atoms with Crippen LogP contribution < -0.4 is 5.32 Å². The van der Waals surface area contributed by atoms with E-state index in [4.69, 9.17) is 4.42 Å². The lowest BCUT2D eigenvalue weighted by Gasteiger charge is -2.34. The first-order valence-corrected chi connectivity index (χ1v) is 7.73. The molecule has 2 aromatic rings. The van der Waals surface area contributed by atoms with Gasteiger partial charge in [-0.05, 0) is 32.2 Å². The third-order valence-corrected chi connectivity index (χ3v) is 5.20. The predicted octanol–water partition coefficient (Wildman–Crippen LogP) is 2.36. The van der Waals surface area contributed by atoms with E-state index in [9.17, 15) is 9.59 Å². The maximum Gasteiger partial charge on any atom is 0.250 e. The first-order chi connectivity index (χ1) is 11.1. The highest BCUT2D eigenvalue weighted by Crippen LogP contribution is 2.54. The molecule has 3 heterocycles. The predicted molar refractivity (Wildman–Crippen MR) is 85.0 cm³/mol. The van der Waals surface area contributed by atoms with Gasteiger partial charge in [0, 0.05) is 23.7 Å². The quantitative estimate of drug-likeness (QED) is 0.925. The van der Waals surface area contributed by atoms with Crippen molar-refractivity contribution in [2.45, 2.75) is 18.4 Å². The molecule has 0 saturated carbocycles. The number of nitrogens with zero attached hydrogens (tertiary/aromatic N) is 1. The SMILES string of the molecule is CC(=O)[C@H]1[C@H](c2ccco2)CN(C)[C@]12C(=O)Nc1ccccc12. The summed E-state index contributed by atoms with van der Waals surface area (Å²) >= 11 is 0. The van der Waals surface area contributed by atoms with E-state index in [1.807, 2.05) is 48.3 Å². The number of carbonyl (C=O) groups is 2. The molecule has 3 atom stereocenters. The Morgan fingerprint density at radius 2 is 2.09 bits per heavy atom. The Morgan fingerprint density at radius 3 is 2.78 bits per heavy atom. The van der Waals surface area contributed by atoms with Crippen LogP contribution in [0.2, 0.25) is 0 Å². The number of furan rings is 1. The topological polar surface area (TPSA) is 62.6 Å². The molecule has 0 bridgehead atoms. The average Bonchev–Trinajstić information content (AvgIpc) is 3.19. The Bertz CT molecular complexity index is 783. The number of amides is 1. The maximum absolute atomic E-state index is 13.0. The second kappa shape index (κ2) is 4.80. The van der Waals surface area contributed by atoms with Crippen LogP contribution in [0.15, 0.2) is 47.1 Å². The molecule has 4 rings (SSSR count). The minimum Gasteiger partial charge on any atom is -0.469 e. The molecule has 0 radical (unpaired) electrons. The summed E-state index contributed by atoms with van der Waals surface area (Å²) in [4.78, 5) is 27.5. The monoisotopic (exact) mass is 310 g/mol. The third kappa shape index (κ3) is 1.71. The van der Waals surface area contributed by atoms with Crippen LogP contribution in [0.5, 0.6) is 0 Å². The van der Waals surface area contributed by atoms with Gasteiger partial charge in [-0.25, -0.2) is 0 Å². The highest BCUT2D eigenvalue weighted by atomic mass is 16.3. The van der Waals surface area contributed by atoms with E-state index in [-0.39, 0.29) is 17.6 Å². The van der Waals surface area contributed by atoms with Crippen LogP contribution in [0, 0.1) is 5.92 Å². The summed E-state index contributed by atoms with van der Waals surface area (Å²) in [5.41, 5.74) is 0.706. The van der Waals surface area contributed by atoms with Crippen LogP contribution in [0.25, 0.3) is 0 Å². The number of likely N-dealkylation sites (N-methyl/N-ethyl adjacent to an activating group) is 1. The highest BCUT2D eigenvalue weighted by Gasteiger charge is 2.63. The van der Waals surface area contributed by atoms with Crippen molar-refractivity contribution in [1.82, 2.24) is 4.90 Å². The van der Waals surface area contributed by atoms with Crippen LogP contribution in [-0.4, -0.2) is 30.2 Å². The van der Waals surface area contributed by atoms with Gasteiger partial charge >= 0.3 is 0 Å². The Morgan fingerprint density at radius 1 is 1.30 bits per heavy atom. The lowest BCUT2D eigenvalue weighted by atomic mass is 9.73. The molecule has 0 unspecified atom stereocenters. The third-order valence-electron chi connectivity index (χ3n) is 5.20. The smallest absolute Gasteiger partial charge is 0.250 e. The molecular weight excluding hydrogens is 292 g/mol. The van der Waals surface area contributed by atoms with Crippen molar-refractivity contribution in [2.75, 3.05) is 18.9 Å². The number of rotatable bonds is 2. The van der Waals surface area contributed by atoms with Crippen LogP contribution in [-0.2, 0) is 15.1 Å². The van der Waals surface area contributed by atoms with Gasteiger partial charge in [0.05, 0.1) is 12.2 Å². The molecule has 0 aliphatic carbocycles. The van der Waals surface area contributed by atoms with Crippen molar-refractivity contribution in [2.24, 2.45) is 5.92 Å². The van der Waals surface area contributed by atoms with Crippen molar-refractivity contribution in [3.63, 3.8) is 0 Å². The number of para-hydroxylation sites is 1. The van der Waals surface area contributed by atoms with E-state index in [0.29, 0.717) is 6.54 Å². The molecule has 1 saturated heterocycles. The number of benzene rings is 1. The second-order valence-electron chi connectivity index (χ2n) is 6.36. The van der Waals surface area contributed by atoms with E-state index >= 15 is 0 Å². The van der Waals surface area contributed by atoms with E-state index in [1.165, 1.54) is 0 Å². The summed E-state index contributed by atoms with van der Waals surface area (Å²) < 4.78 is 5.56. The second-order valence-corrected chi connectivity index (χ2v) is 6.36. The molecule has 1 spiro atoms. The van der Waals surface area contributed by atoms with Crippen molar-refractivity contribution < 1.29 is 14.0 Å². The first kappa shape index (κ1) is 14.2. The molecular formula is C18H18N2O3. The van der Waals surface area contributed by atoms with Gasteiger partial charge in [0.25, 0.3) is 0 Å². The number of likely N-dealkylation sites (tertiary alicyclic amines) is 1. The summed E-state index contributed by atoms with van der Waals surface area (Å²) in [5, 5.41) is 2.95. The fraction of sp³-hybridized carbons (Fsp3) is 0.333. The van der Waals surface area contributed by atoms with Crippen LogP contribution in [0.3, 0.4) is 0 Å². The fourth-order valence-corrected chi connectivity index (χ4v) is 4.36. The van der Waals surface area contributed by atoms with Gasteiger partial charge in [-0.2, -0.15) is 0 Å². The zero-order valence-electron chi connectivity index (χ0n) is 13.1. The zero-order valence-corrected chi connectivity index (χ0v) is 13.1.